The first-order chi connectivity index (χ1) is 14.6. The fourth-order valence-corrected chi connectivity index (χ4v) is 4.13. The van der Waals surface area contributed by atoms with Gasteiger partial charge in [0.15, 0.2) is 16.5 Å². The molecule has 160 valence electrons. The van der Waals surface area contributed by atoms with Gasteiger partial charge in [0.1, 0.15) is 5.82 Å². The molecule has 0 atom stereocenters. The van der Waals surface area contributed by atoms with Crippen molar-refractivity contribution in [1.82, 2.24) is 9.38 Å². The molecule has 0 spiro atoms. The van der Waals surface area contributed by atoms with Crippen LogP contribution in [0, 0.1) is 5.82 Å². The molecular formula is C20H11ClF4N2O3S. The largest absolute Gasteiger partial charge is 0.503 e. The van der Waals surface area contributed by atoms with E-state index in [1.54, 1.807) is 0 Å². The maximum absolute atomic E-state index is 13.9. The number of benzene rings is 2. The Labute approximate surface area is 180 Å². The Morgan fingerprint density at radius 2 is 2.00 bits per heavy atom. The number of imidazole rings is 1. The summed E-state index contributed by atoms with van der Waals surface area (Å²) in [6, 6.07) is 5.42. The summed E-state index contributed by atoms with van der Waals surface area (Å²) < 4.78 is 58.6. The zero-order chi connectivity index (χ0) is 22.5. The van der Waals surface area contributed by atoms with Crippen molar-refractivity contribution < 1.29 is 27.4 Å². The van der Waals surface area contributed by atoms with Gasteiger partial charge in [0.05, 0.1) is 27.9 Å². The smallest absolute Gasteiger partial charge is 0.419 e. The molecule has 0 saturated heterocycles. The number of halogens is 5. The monoisotopic (exact) mass is 470 g/mol. The van der Waals surface area contributed by atoms with Gasteiger partial charge in [-0.1, -0.05) is 29.0 Å². The molecule has 0 fully saturated rings. The van der Waals surface area contributed by atoms with Gasteiger partial charge in [0, 0.05) is 11.8 Å². The molecule has 4 aromatic rings. The summed E-state index contributed by atoms with van der Waals surface area (Å²) in [5, 5.41) is 9.86. The van der Waals surface area contributed by atoms with Gasteiger partial charge in [-0.3, -0.25) is 9.20 Å². The number of phenols is 1. The van der Waals surface area contributed by atoms with E-state index >= 15 is 0 Å². The molecule has 2 aromatic carbocycles. The quantitative estimate of drug-likeness (QED) is 0.448. The van der Waals surface area contributed by atoms with E-state index in [0.29, 0.717) is 16.2 Å². The Morgan fingerprint density at radius 1 is 1.26 bits per heavy atom. The van der Waals surface area contributed by atoms with Crippen molar-refractivity contribution >= 4 is 34.0 Å². The normalized spacial score (nSPS) is 12.6. The summed E-state index contributed by atoms with van der Waals surface area (Å²) >= 11 is 6.99. The van der Waals surface area contributed by atoms with E-state index in [0.717, 1.165) is 23.5 Å². The zero-order valence-electron chi connectivity index (χ0n) is 15.5. The van der Waals surface area contributed by atoms with Crippen molar-refractivity contribution in [1.29, 1.82) is 0 Å². The number of alkyl halides is 3. The van der Waals surface area contributed by atoms with Gasteiger partial charge in [-0.2, -0.15) is 13.2 Å². The van der Waals surface area contributed by atoms with Gasteiger partial charge < -0.3 is 9.84 Å². The van der Waals surface area contributed by atoms with Gasteiger partial charge in [0.25, 0.3) is 5.56 Å². The number of methoxy groups -OCH3 is 1. The number of phenolic OH excluding ortho intramolecular Hbond substituents is 1. The van der Waals surface area contributed by atoms with Crippen LogP contribution in [0.4, 0.5) is 17.6 Å². The van der Waals surface area contributed by atoms with E-state index in [4.69, 9.17) is 16.3 Å². The molecule has 0 radical (unpaired) electrons. The third kappa shape index (κ3) is 3.84. The number of ether oxygens (including phenoxy) is 1. The number of nitrogens with zero attached hydrogens (tertiary/aromatic N) is 2. The second-order valence-corrected chi connectivity index (χ2v) is 7.86. The van der Waals surface area contributed by atoms with E-state index in [-0.39, 0.29) is 32.7 Å². The van der Waals surface area contributed by atoms with Crippen LogP contribution < -0.4 is 14.8 Å². The minimum absolute atomic E-state index is 0.0472. The summed E-state index contributed by atoms with van der Waals surface area (Å²) in [7, 11) is 1.36. The van der Waals surface area contributed by atoms with Crippen molar-refractivity contribution in [2.45, 2.75) is 6.18 Å². The Morgan fingerprint density at radius 3 is 2.61 bits per heavy atom. The summed E-state index contributed by atoms with van der Waals surface area (Å²) in [5.41, 5.74) is -1.01. The molecule has 31 heavy (non-hydrogen) atoms. The SMILES string of the molecule is COc1cc(/C=c2\sc3nc(-c4ccc(C(F)(F)F)c(F)c4)cn3c2=O)cc(Cl)c1O. The van der Waals surface area contributed by atoms with Crippen molar-refractivity contribution in [3.05, 3.63) is 73.4 Å². The third-order valence-electron chi connectivity index (χ3n) is 4.44. The molecule has 11 heteroatoms. The van der Waals surface area contributed by atoms with E-state index in [1.165, 1.54) is 35.9 Å². The molecule has 0 unspecified atom stereocenters. The molecule has 0 aliphatic heterocycles. The third-order valence-corrected chi connectivity index (χ3v) is 5.71. The van der Waals surface area contributed by atoms with Crippen LogP contribution in [0.3, 0.4) is 0 Å². The van der Waals surface area contributed by atoms with Gasteiger partial charge in [0.2, 0.25) is 0 Å². The average molecular weight is 471 g/mol. The molecule has 0 saturated carbocycles. The Balaban J connectivity index is 1.76. The molecule has 1 N–H and O–H groups in total. The Bertz CT molecular complexity index is 1430. The summed E-state index contributed by atoms with van der Waals surface area (Å²) in [4.78, 5) is 17.2. The van der Waals surface area contributed by atoms with Crippen molar-refractivity contribution in [3.63, 3.8) is 0 Å². The number of hydrogen-bond acceptors (Lipinski definition) is 5. The first kappa shape index (κ1) is 21.1. The van der Waals surface area contributed by atoms with E-state index in [2.05, 4.69) is 4.98 Å². The lowest BCUT2D eigenvalue weighted by molar-refractivity contribution is -0.139. The summed E-state index contributed by atoms with van der Waals surface area (Å²) in [6.07, 6.45) is -1.94. The molecule has 0 bridgehead atoms. The average Bonchev–Trinajstić information content (AvgIpc) is 3.23. The summed E-state index contributed by atoms with van der Waals surface area (Å²) in [5.74, 6) is -1.51. The number of rotatable bonds is 3. The number of fused-ring (bicyclic) bond motifs is 1. The number of hydrogen-bond donors (Lipinski definition) is 1. The highest BCUT2D eigenvalue weighted by atomic mass is 35.5. The number of aromatic hydroxyl groups is 1. The predicted molar refractivity (Wildman–Crippen MR) is 108 cm³/mol. The van der Waals surface area contributed by atoms with Gasteiger partial charge in [-0.25, -0.2) is 9.37 Å². The van der Waals surface area contributed by atoms with Crippen LogP contribution in [-0.4, -0.2) is 21.6 Å². The van der Waals surface area contributed by atoms with Crippen LogP contribution in [0.1, 0.15) is 11.1 Å². The minimum Gasteiger partial charge on any atom is -0.503 e. The van der Waals surface area contributed by atoms with Crippen LogP contribution in [0.25, 0.3) is 22.3 Å². The van der Waals surface area contributed by atoms with E-state index in [9.17, 15) is 27.5 Å². The molecule has 4 rings (SSSR count). The van der Waals surface area contributed by atoms with E-state index in [1.807, 2.05) is 0 Å². The maximum Gasteiger partial charge on any atom is 0.419 e. The van der Waals surface area contributed by atoms with Crippen LogP contribution in [0.5, 0.6) is 11.5 Å². The van der Waals surface area contributed by atoms with Gasteiger partial charge in [-0.05, 0) is 35.9 Å². The summed E-state index contributed by atoms with van der Waals surface area (Å²) in [6.45, 7) is 0. The minimum atomic E-state index is -4.80. The lowest BCUT2D eigenvalue weighted by Crippen LogP contribution is -2.22. The molecule has 5 nitrogen and oxygen atoms in total. The molecular weight excluding hydrogens is 460 g/mol. The fourth-order valence-electron chi connectivity index (χ4n) is 2.96. The highest BCUT2D eigenvalue weighted by Gasteiger charge is 2.34. The zero-order valence-corrected chi connectivity index (χ0v) is 17.1. The lowest BCUT2D eigenvalue weighted by atomic mass is 10.1. The van der Waals surface area contributed by atoms with Crippen molar-refractivity contribution in [3.8, 4) is 22.8 Å². The molecule has 0 amide bonds. The van der Waals surface area contributed by atoms with Crippen LogP contribution in [0.15, 0.2) is 41.3 Å². The highest BCUT2D eigenvalue weighted by Crippen LogP contribution is 2.35. The maximum atomic E-state index is 13.9. The van der Waals surface area contributed by atoms with E-state index < -0.39 is 23.1 Å². The number of thiazole rings is 1. The predicted octanol–water partition coefficient (Wildman–Crippen LogP) is 4.50. The standard InChI is InChI=1S/C20H11ClF4N2O3S/c1-30-15-5-9(4-12(21)17(15)28)6-16-18(29)27-8-14(26-19(27)31-16)10-2-3-11(13(22)7-10)20(23,24)25/h2-8,28H,1H3/b16-6-. The molecule has 0 aliphatic rings. The molecule has 2 heterocycles. The van der Waals surface area contributed by atoms with Crippen LogP contribution in [0.2, 0.25) is 5.02 Å². The topological polar surface area (TPSA) is 63.8 Å². The Kier molecular flexibility index (Phi) is 5.14. The van der Waals surface area contributed by atoms with Crippen molar-refractivity contribution in [2.24, 2.45) is 0 Å². The second kappa shape index (κ2) is 7.54. The fraction of sp³-hybridized carbons (Fsp3) is 0.100. The first-order valence-corrected chi connectivity index (χ1v) is 9.75. The van der Waals surface area contributed by atoms with Crippen LogP contribution >= 0.6 is 22.9 Å². The Hall–Kier alpha value is -3.11. The van der Waals surface area contributed by atoms with Crippen LogP contribution in [-0.2, 0) is 6.18 Å². The lowest BCUT2D eigenvalue weighted by Gasteiger charge is -2.08. The first-order valence-electron chi connectivity index (χ1n) is 8.55. The highest BCUT2D eigenvalue weighted by molar-refractivity contribution is 7.15. The van der Waals surface area contributed by atoms with Gasteiger partial charge >= 0.3 is 6.18 Å². The number of aromatic nitrogens is 2. The van der Waals surface area contributed by atoms with Crippen molar-refractivity contribution in [2.75, 3.05) is 7.11 Å². The molecule has 0 aliphatic carbocycles. The second-order valence-electron chi connectivity index (χ2n) is 6.44. The van der Waals surface area contributed by atoms with Gasteiger partial charge in [-0.15, -0.1) is 0 Å². The molecule has 2 aromatic heterocycles.